The summed E-state index contributed by atoms with van der Waals surface area (Å²) in [7, 11) is 1.95. The average Bonchev–Trinajstić information content (AvgIpc) is 3.09. The lowest BCUT2D eigenvalue weighted by Crippen LogP contribution is -2.36. The van der Waals surface area contributed by atoms with Crippen molar-refractivity contribution in [1.82, 2.24) is 19.4 Å². The first-order valence-electron chi connectivity index (χ1n) is 9.59. The second-order valence-corrected chi connectivity index (χ2v) is 8.33. The third kappa shape index (κ3) is 2.89. The third-order valence-electron chi connectivity index (χ3n) is 5.75. The van der Waals surface area contributed by atoms with E-state index in [1.54, 1.807) is 24.3 Å². The summed E-state index contributed by atoms with van der Waals surface area (Å²) in [6.07, 6.45) is 0.862. The number of aromatic hydroxyl groups is 1. The summed E-state index contributed by atoms with van der Waals surface area (Å²) in [5.74, 6) is -0.172. The third-order valence-corrected chi connectivity index (χ3v) is 6.29. The van der Waals surface area contributed by atoms with Gasteiger partial charge >= 0.3 is 0 Å². The number of aromatic nitrogens is 3. The number of likely N-dealkylation sites (N-methyl/N-ethyl adjacent to an activating group) is 1. The molecule has 30 heavy (non-hydrogen) atoms. The van der Waals surface area contributed by atoms with Gasteiger partial charge in [0.1, 0.15) is 5.56 Å². The lowest BCUT2D eigenvalue weighted by atomic mass is 9.94. The van der Waals surface area contributed by atoms with Crippen molar-refractivity contribution >= 4 is 34.7 Å². The second kappa shape index (κ2) is 7.12. The molecule has 0 aliphatic carbocycles. The minimum atomic E-state index is -0.431. The van der Waals surface area contributed by atoms with Crippen LogP contribution in [0.1, 0.15) is 22.9 Å². The van der Waals surface area contributed by atoms with Crippen LogP contribution in [-0.2, 0) is 6.42 Å². The smallest absolute Gasteiger partial charge is 0.260 e. The van der Waals surface area contributed by atoms with E-state index in [0.29, 0.717) is 10.7 Å². The molecule has 6 nitrogen and oxygen atoms in total. The Morgan fingerprint density at radius 1 is 1.13 bits per heavy atom. The summed E-state index contributed by atoms with van der Waals surface area (Å²) in [6.45, 7) is 0.759. The Morgan fingerprint density at radius 2 is 1.87 bits per heavy atom. The van der Waals surface area contributed by atoms with Crippen molar-refractivity contribution in [3.63, 3.8) is 0 Å². The number of hydrogen-bond donors (Lipinski definition) is 3. The first-order chi connectivity index (χ1) is 14.5. The molecule has 2 aromatic carbocycles. The van der Waals surface area contributed by atoms with Gasteiger partial charge in [0, 0.05) is 28.2 Å². The van der Waals surface area contributed by atoms with Crippen molar-refractivity contribution in [2.75, 3.05) is 13.6 Å². The maximum atomic E-state index is 13.0. The van der Waals surface area contributed by atoms with Gasteiger partial charge in [-0.3, -0.25) is 19.2 Å². The van der Waals surface area contributed by atoms with E-state index < -0.39 is 11.6 Å². The van der Waals surface area contributed by atoms with Crippen LogP contribution >= 0.6 is 23.8 Å². The number of halogens is 1. The van der Waals surface area contributed by atoms with E-state index in [-0.39, 0.29) is 16.2 Å². The molecule has 0 radical (unpaired) electrons. The Labute approximate surface area is 182 Å². The van der Waals surface area contributed by atoms with Gasteiger partial charge in [-0.25, -0.2) is 0 Å². The number of nitrogens with one attached hydrogen (secondary N) is 2. The number of aromatic amines is 2. The quantitative estimate of drug-likeness (QED) is 0.407. The van der Waals surface area contributed by atoms with Gasteiger partial charge in [0.15, 0.2) is 4.77 Å². The zero-order valence-electron chi connectivity index (χ0n) is 16.1. The molecule has 1 atom stereocenters. The number of benzene rings is 2. The average molecular weight is 439 g/mol. The highest BCUT2D eigenvalue weighted by Gasteiger charge is 2.34. The molecule has 0 amide bonds. The predicted octanol–water partition coefficient (Wildman–Crippen LogP) is 4.31. The Morgan fingerprint density at radius 3 is 2.63 bits per heavy atom. The van der Waals surface area contributed by atoms with Gasteiger partial charge in [-0.15, -0.1) is 0 Å². The number of rotatable bonds is 2. The summed E-state index contributed by atoms with van der Waals surface area (Å²) in [5, 5.41) is 13.0. The molecule has 3 N–H and O–H groups in total. The van der Waals surface area contributed by atoms with E-state index >= 15 is 0 Å². The lowest BCUT2D eigenvalue weighted by molar-refractivity contribution is 0.252. The Kier molecular flexibility index (Phi) is 4.54. The maximum Gasteiger partial charge on any atom is 0.260 e. The molecule has 1 unspecified atom stereocenters. The van der Waals surface area contributed by atoms with Gasteiger partial charge in [-0.05, 0) is 61.6 Å². The zero-order valence-corrected chi connectivity index (χ0v) is 17.7. The molecule has 4 aromatic rings. The molecule has 0 saturated carbocycles. The standard InChI is InChI=1S/C22H19ClN4O2S/c1-26-11-10-15-14-4-2-3-5-16(14)24-18(15)19(26)17-20(28)25-22(30)27(21(17)29)13-8-6-12(23)7-9-13/h2-9,19,24,29H,10-11H2,1H3,(H,25,28,30). The fraction of sp³-hybridized carbons (Fsp3) is 0.182. The van der Waals surface area contributed by atoms with Crippen LogP contribution in [0.3, 0.4) is 0 Å². The van der Waals surface area contributed by atoms with Gasteiger partial charge in [-0.2, -0.15) is 0 Å². The Bertz CT molecular complexity index is 1390. The van der Waals surface area contributed by atoms with Crippen LogP contribution in [0.2, 0.25) is 5.02 Å². The van der Waals surface area contributed by atoms with E-state index in [9.17, 15) is 9.90 Å². The second-order valence-electron chi connectivity index (χ2n) is 7.50. The predicted molar refractivity (Wildman–Crippen MR) is 120 cm³/mol. The topological polar surface area (TPSA) is 77.1 Å². The zero-order chi connectivity index (χ0) is 21.0. The van der Waals surface area contributed by atoms with Crippen molar-refractivity contribution in [1.29, 1.82) is 0 Å². The van der Waals surface area contributed by atoms with Crippen LogP contribution in [0.15, 0.2) is 53.3 Å². The number of para-hydroxylation sites is 1. The molecule has 152 valence electrons. The molecule has 0 fully saturated rings. The Hall–Kier alpha value is -2.87. The highest BCUT2D eigenvalue weighted by Crippen LogP contribution is 2.39. The molecule has 2 aromatic heterocycles. The monoisotopic (exact) mass is 438 g/mol. The minimum absolute atomic E-state index is 0.124. The molecule has 1 aliphatic heterocycles. The van der Waals surface area contributed by atoms with Crippen LogP contribution in [-0.4, -0.2) is 38.1 Å². The van der Waals surface area contributed by atoms with E-state index in [0.717, 1.165) is 29.6 Å². The van der Waals surface area contributed by atoms with Crippen molar-refractivity contribution in [2.24, 2.45) is 0 Å². The van der Waals surface area contributed by atoms with E-state index in [1.165, 1.54) is 10.1 Å². The normalized spacial score (nSPS) is 16.7. The molecule has 0 spiro atoms. The van der Waals surface area contributed by atoms with Crippen molar-refractivity contribution in [2.45, 2.75) is 12.5 Å². The summed E-state index contributed by atoms with van der Waals surface area (Å²) < 4.78 is 1.59. The Balaban J connectivity index is 1.77. The van der Waals surface area contributed by atoms with Gasteiger partial charge < -0.3 is 10.1 Å². The van der Waals surface area contributed by atoms with Gasteiger partial charge in [0.05, 0.1) is 11.7 Å². The molecule has 0 saturated heterocycles. The van der Waals surface area contributed by atoms with Gasteiger partial charge in [-0.1, -0.05) is 29.8 Å². The number of H-pyrrole nitrogens is 2. The van der Waals surface area contributed by atoms with Crippen LogP contribution < -0.4 is 5.56 Å². The summed E-state index contributed by atoms with van der Waals surface area (Å²) in [5.41, 5.74) is 3.59. The molecule has 5 rings (SSSR count). The largest absolute Gasteiger partial charge is 0.494 e. The van der Waals surface area contributed by atoms with Crippen molar-refractivity contribution in [3.05, 3.63) is 85.5 Å². The van der Waals surface area contributed by atoms with Crippen LogP contribution in [0.25, 0.3) is 16.6 Å². The van der Waals surface area contributed by atoms with Gasteiger partial charge in [0.25, 0.3) is 5.56 Å². The summed E-state index contributed by atoms with van der Waals surface area (Å²) in [4.78, 5) is 21.3. The highest BCUT2D eigenvalue weighted by molar-refractivity contribution is 7.71. The number of nitrogens with zero attached hydrogens (tertiary/aromatic N) is 2. The van der Waals surface area contributed by atoms with Crippen molar-refractivity contribution < 1.29 is 5.11 Å². The molecule has 8 heteroatoms. The highest BCUT2D eigenvalue weighted by atomic mass is 35.5. The number of hydrogen-bond acceptors (Lipinski definition) is 4. The SMILES string of the molecule is CN1CCc2c([nH]c3ccccc23)C1c1c(O)n(-c2ccc(Cl)cc2)c(=S)[nH]c1=O. The minimum Gasteiger partial charge on any atom is -0.494 e. The molecular formula is C22H19ClN4O2S. The molecule has 3 heterocycles. The van der Waals surface area contributed by atoms with Crippen LogP contribution in [0, 0.1) is 4.77 Å². The van der Waals surface area contributed by atoms with E-state index in [4.69, 9.17) is 23.8 Å². The first-order valence-corrected chi connectivity index (χ1v) is 10.4. The fourth-order valence-electron chi connectivity index (χ4n) is 4.34. The van der Waals surface area contributed by atoms with E-state index in [1.807, 2.05) is 25.2 Å². The fourth-order valence-corrected chi connectivity index (χ4v) is 4.75. The molecule has 0 bridgehead atoms. The molecular weight excluding hydrogens is 420 g/mol. The lowest BCUT2D eigenvalue weighted by Gasteiger charge is -2.33. The van der Waals surface area contributed by atoms with Crippen LogP contribution in [0.4, 0.5) is 0 Å². The maximum absolute atomic E-state index is 13.0. The number of fused-ring (bicyclic) bond motifs is 3. The van der Waals surface area contributed by atoms with E-state index in [2.05, 4.69) is 20.9 Å². The summed E-state index contributed by atoms with van der Waals surface area (Å²) in [6, 6.07) is 14.6. The first kappa shape index (κ1) is 19.1. The molecule has 1 aliphatic rings. The van der Waals surface area contributed by atoms with Gasteiger partial charge in [0.2, 0.25) is 5.88 Å². The summed E-state index contributed by atoms with van der Waals surface area (Å²) >= 11 is 11.4. The van der Waals surface area contributed by atoms with Crippen LogP contribution in [0.5, 0.6) is 5.88 Å². The van der Waals surface area contributed by atoms with Crippen molar-refractivity contribution in [3.8, 4) is 11.6 Å².